The monoisotopic (exact) mass is 450 g/mol. The number of aryl methyl sites for hydroxylation is 1. The first-order chi connectivity index (χ1) is 15.5. The zero-order valence-corrected chi connectivity index (χ0v) is 19.1. The molecule has 1 aliphatic heterocycles. The van der Waals surface area contributed by atoms with E-state index in [0.29, 0.717) is 16.5 Å². The number of benzene rings is 2. The van der Waals surface area contributed by atoms with E-state index in [4.69, 9.17) is 16.3 Å². The number of halogens is 1. The van der Waals surface area contributed by atoms with Gasteiger partial charge in [0, 0.05) is 24.3 Å². The number of amides is 1. The van der Waals surface area contributed by atoms with E-state index in [1.54, 1.807) is 6.07 Å². The highest BCUT2D eigenvalue weighted by atomic mass is 35.5. The summed E-state index contributed by atoms with van der Waals surface area (Å²) in [6.45, 7) is 6.18. The molecule has 4 rings (SSSR count). The SMILES string of the molecule is Cc1ccc(Cl)c(OCC(=O)Nc2ccc(-c3ccc(N4CCC(C)CC4)nn3)cc2)c1. The van der Waals surface area contributed by atoms with Crippen LogP contribution in [0.2, 0.25) is 5.02 Å². The molecule has 2 aromatic carbocycles. The second-order valence-corrected chi connectivity index (χ2v) is 8.70. The highest BCUT2D eigenvalue weighted by Gasteiger charge is 2.17. The van der Waals surface area contributed by atoms with Crippen molar-refractivity contribution in [2.75, 3.05) is 29.9 Å². The molecule has 0 aliphatic carbocycles. The summed E-state index contributed by atoms with van der Waals surface area (Å²) in [7, 11) is 0. The number of hydrogen-bond acceptors (Lipinski definition) is 5. The Balaban J connectivity index is 1.32. The van der Waals surface area contributed by atoms with Crippen LogP contribution >= 0.6 is 11.6 Å². The Morgan fingerprint density at radius 3 is 2.53 bits per heavy atom. The van der Waals surface area contributed by atoms with Crippen LogP contribution in [0.25, 0.3) is 11.3 Å². The molecule has 0 unspecified atom stereocenters. The minimum Gasteiger partial charge on any atom is -0.482 e. The first-order valence-corrected chi connectivity index (χ1v) is 11.2. The Labute approximate surface area is 193 Å². The van der Waals surface area contributed by atoms with Crippen LogP contribution in [0.5, 0.6) is 5.75 Å². The molecular formula is C25H27ClN4O2. The molecular weight excluding hydrogens is 424 g/mol. The Kier molecular flexibility index (Phi) is 6.90. The van der Waals surface area contributed by atoms with Gasteiger partial charge in [-0.25, -0.2) is 0 Å². The van der Waals surface area contributed by atoms with Crippen molar-refractivity contribution in [3.63, 3.8) is 0 Å². The van der Waals surface area contributed by atoms with Gasteiger partial charge in [0.2, 0.25) is 0 Å². The lowest BCUT2D eigenvalue weighted by Gasteiger charge is -2.30. The number of piperidine rings is 1. The predicted octanol–water partition coefficient (Wildman–Crippen LogP) is 5.36. The summed E-state index contributed by atoms with van der Waals surface area (Å²) < 4.78 is 5.55. The van der Waals surface area contributed by atoms with Crippen LogP contribution in [0.1, 0.15) is 25.3 Å². The summed E-state index contributed by atoms with van der Waals surface area (Å²) in [5, 5.41) is 12.1. The van der Waals surface area contributed by atoms with Gasteiger partial charge in [0.15, 0.2) is 12.4 Å². The van der Waals surface area contributed by atoms with Crippen LogP contribution in [0.3, 0.4) is 0 Å². The smallest absolute Gasteiger partial charge is 0.262 e. The molecule has 0 bridgehead atoms. The topological polar surface area (TPSA) is 67.3 Å². The highest BCUT2D eigenvalue weighted by Crippen LogP contribution is 2.26. The molecule has 0 spiro atoms. The standard InChI is InChI=1S/C25H27ClN4O2/c1-17-11-13-30(14-12-17)24-10-9-22(28-29-24)19-4-6-20(7-5-19)27-25(31)16-32-23-15-18(2)3-8-21(23)26/h3-10,15,17H,11-14,16H2,1-2H3,(H,27,31). The van der Waals surface area contributed by atoms with Crippen LogP contribution in [-0.2, 0) is 4.79 Å². The van der Waals surface area contributed by atoms with Crippen molar-refractivity contribution in [2.45, 2.75) is 26.7 Å². The molecule has 0 atom stereocenters. The average Bonchev–Trinajstić information content (AvgIpc) is 2.81. The van der Waals surface area contributed by atoms with E-state index in [0.717, 1.165) is 41.6 Å². The molecule has 1 fully saturated rings. The van der Waals surface area contributed by atoms with Crippen LogP contribution in [0, 0.1) is 12.8 Å². The molecule has 166 valence electrons. The molecule has 0 radical (unpaired) electrons. The largest absolute Gasteiger partial charge is 0.482 e. The Morgan fingerprint density at radius 2 is 1.84 bits per heavy atom. The summed E-state index contributed by atoms with van der Waals surface area (Å²) in [5.41, 5.74) is 3.44. The van der Waals surface area contributed by atoms with Gasteiger partial charge in [-0.2, -0.15) is 0 Å². The van der Waals surface area contributed by atoms with E-state index in [-0.39, 0.29) is 12.5 Å². The van der Waals surface area contributed by atoms with E-state index in [1.807, 2.05) is 55.5 Å². The van der Waals surface area contributed by atoms with Crippen LogP contribution < -0.4 is 15.0 Å². The van der Waals surface area contributed by atoms with Gasteiger partial charge in [-0.05, 0) is 67.6 Å². The minimum absolute atomic E-state index is 0.118. The number of nitrogens with one attached hydrogen (secondary N) is 1. The fourth-order valence-electron chi connectivity index (χ4n) is 3.67. The maximum Gasteiger partial charge on any atom is 0.262 e. The number of carbonyl (C=O) groups excluding carboxylic acids is 1. The normalized spacial score (nSPS) is 14.3. The molecule has 0 saturated carbocycles. The maximum absolute atomic E-state index is 12.2. The highest BCUT2D eigenvalue weighted by molar-refractivity contribution is 6.32. The van der Waals surface area contributed by atoms with Crippen molar-refractivity contribution in [3.05, 3.63) is 65.2 Å². The molecule has 1 aromatic heterocycles. The van der Waals surface area contributed by atoms with Crippen molar-refractivity contribution in [1.82, 2.24) is 10.2 Å². The minimum atomic E-state index is -0.254. The van der Waals surface area contributed by atoms with Gasteiger partial charge >= 0.3 is 0 Å². The number of carbonyl (C=O) groups is 1. The van der Waals surface area contributed by atoms with Gasteiger partial charge < -0.3 is 15.0 Å². The predicted molar refractivity (Wildman–Crippen MR) is 128 cm³/mol. The summed E-state index contributed by atoms with van der Waals surface area (Å²) in [5.74, 6) is 1.95. The number of anilines is 2. The number of hydrogen-bond donors (Lipinski definition) is 1. The van der Waals surface area contributed by atoms with Crippen molar-refractivity contribution in [2.24, 2.45) is 5.92 Å². The second-order valence-electron chi connectivity index (χ2n) is 8.29. The first-order valence-electron chi connectivity index (χ1n) is 10.9. The zero-order chi connectivity index (χ0) is 22.5. The average molecular weight is 451 g/mol. The van der Waals surface area contributed by atoms with Gasteiger partial charge in [0.25, 0.3) is 5.91 Å². The van der Waals surface area contributed by atoms with E-state index < -0.39 is 0 Å². The third-order valence-corrected chi connectivity index (χ3v) is 5.98. The Morgan fingerprint density at radius 1 is 1.09 bits per heavy atom. The van der Waals surface area contributed by atoms with Crippen molar-refractivity contribution >= 4 is 29.0 Å². The van der Waals surface area contributed by atoms with Crippen LogP contribution in [0.15, 0.2) is 54.6 Å². The first kappa shape index (κ1) is 22.1. The molecule has 1 N–H and O–H groups in total. The van der Waals surface area contributed by atoms with Gasteiger partial charge in [-0.1, -0.05) is 36.7 Å². The lowest BCUT2D eigenvalue weighted by molar-refractivity contribution is -0.118. The fourth-order valence-corrected chi connectivity index (χ4v) is 3.84. The molecule has 3 aromatic rings. The molecule has 7 heteroatoms. The maximum atomic E-state index is 12.2. The lowest BCUT2D eigenvalue weighted by atomic mass is 9.99. The van der Waals surface area contributed by atoms with Crippen molar-refractivity contribution in [3.8, 4) is 17.0 Å². The molecule has 32 heavy (non-hydrogen) atoms. The van der Waals surface area contributed by atoms with Gasteiger partial charge in [0.05, 0.1) is 10.7 Å². The van der Waals surface area contributed by atoms with Crippen LogP contribution in [-0.4, -0.2) is 35.8 Å². The quantitative estimate of drug-likeness (QED) is 0.547. The Bertz CT molecular complexity index is 1060. The number of nitrogens with zero attached hydrogens (tertiary/aromatic N) is 3. The molecule has 1 aliphatic rings. The third kappa shape index (κ3) is 5.56. The molecule has 1 amide bonds. The summed E-state index contributed by atoms with van der Waals surface area (Å²) in [6, 6.07) is 17.0. The second kappa shape index (κ2) is 10.0. The van der Waals surface area contributed by atoms with Gasteiger partial charge in [0.1, 0.15) is 5.75 Å². The van der Waals surface area contributed by atoms with Gasteiger partial charge in [-0.3, -0.25) is 4.79 Å². The van der Waals surface area contributed by atoms with E-state index in [2.05, 4.69) is 27.3 Å². The zero-order valence-electron chi connectivity index (χ0n) is 18.3. The third-order valence-electron chi connectivity index (χ3n) is 5.67. The van der Waals surface area contributed by atoms with E-state index >= 15 is 0 Å². The summed E-state index contributed by atoms with van der Waals surface area (Å²) >= 11 is 6.10. The number of aromatic nitrogens is 2. The van der Waals surface area contributed by atoms with E-state index in [9.17, 15) is 4.79 Å². The molecule has 2 heterocycles. The van der Waals surface area contributed by atoms with Crippen LogP contribution in [0.4, 0.5) is 11.5 Å². The van der Waals surface area contributed by atoms with Gasteiger partial charge in [-0.15, -0.1) is 10.2 Å². The summed E-state index contributed by atoms with van der Waals surface area (Å²) in [4.78, 5) is 14.5. The number of ether oxygens (including phenoxy) is 1. The van der Waals surface area contributed by atoms with E-state index in [1.165, 1.54) is 12.8 Å². The molecule has 1 saturated heterocycles. The number of rotatable bonds is 6. The lowest BCUT2D eigenvalue weighted by Crippen LogP contribution is -2.33. The molecule has 6 nitrogen and oxygen atoms in total. The van der Waals surface area contributed by atoms with Crippen molar-refractivity contribution in [1.29, 1.82) is 0 Å². The fraction of sp³-hybridized carbons (Fsp3) is 0.320. The Hall–Kier alpha value is -3.12. The van der Waals surface area contributed by atoms with Crippen molar-refractivity contribution < 1.29 is 9.53 Å². The summed E-state index contributed by atoms with van der Waals surface area (Å²) in [6.07, 6.45) is 2.39.